The summed E-state index contributed by atoms with van der Waals surface area (Å²) < 4.78 is 7.29. The molecule has 2 amide bonds. The van der Waals surface area contributed by atoms with Crippen molar-refractivity contribution < 1.29 is 14.3 Å². The summed E-state index contributed by atoms with van der Waals surface area (Å²) in [6.07, 6.45) is 1.93. The summed E-state index contributed by atoms with van der Waals surface area (Å²) in [7, 11) is 0. The van der Waals surface area contributed by atoms with Crippen LogP contribution in [-0.4, -0.2) is 51.0 Å². The largest absolute Gasteiger partial charge is 0.376 e. The minimum Gasteiger partial charge on any atom is -0.376 e. The molecule has 0 radical (unpaired) electrons. The molecule has 5 rings (SSSR count). The Bertz CT molecular complexity index is 1310. The highest BCUT2D eigenvalue weighted by Gasteiger charge is 2.33. The van der Waals surface area contributed by atoms with E-state index in [4.69, 9.17) is 4.74 Å². The Morgan fingerprint density at radius 1 is 1.17 bits per heavy atom. The lowest BCUT2D eigenvalue weighted by atomic mass is 10.0. The third kappa shape index (κ3) is 5.47. The van der Waals surface area contributed by atoms with Gasteiger partial charge in [-0.2, -0.15) is 0 Å². The first kappa shape index (κ1) is 24.1. The van der Waals surface area contributed by atoms with Crippen molar-refractivity contribution in [1.29, 1.82) is 0 Å². The van der Waals surface area contributed by atoms with Gasteiger partial charge in [0.15, 0.2) is 0 Å². The van der Waals surface area contributed by atoms with E-state index in [1.165, 1.54) is 0 Å². The van der Waals surface area contributed by atoms with Crippen LogP contribution in [0.4, 0.5) is 0 Å². The maximum Gasteiger partial charge on any atom is 0.247 e. The van der Waals surface area contributed by atoms with Crippen molar-refractivity contribution in [3.8, 4) is 0 Å². The van der Waals surface area contributed by atoms with Crippen LogP contribution in [0.25, 0.3) is 11.0 Å². The first-order valence-electron chi connectivity index (χ1n) is 12.1. The van der Waals surface area contributed by atoms with Gasteiger partial charge in [-0.25, -0.2) is 4.68 Å². The fourth-order valence-corrected chi connectivity index (χ4v) is 5.19. The monoisotopic (exact) mass is 503 g/mol. The van der Waals surface area contributed by atoms with Crippen LogP contribution in [0.5, 0.6) is 0 Å². The van der Waals surface area contributed by atoms with Crippen LogP contribution in [0.3, 0.4) is 0 Å². The van der Waals surface area contributed by atoms with Crippen LogP contribution in [-0.2, 0) is 27.4 Å². The van der Waals surface area contributed by atoms with Crippen LogP contribution >= 0.6 is 11.3 Å². The van der Waals surface area contributed by atoms with Gasteiger partial charge in [-0.3, -0.25) is 9.59 Å². The van der Waals surface area contributed by atoms with Crippen LogP contribution < -0.4 is 5.32 Å². The molecule has 1 aliphatic rings. The van der Waals surface area contributed by atoms with Crippen molar-refractivity contribution in [1.82, 2.24) is 25.2 Å². The van der Waals surface area contributed by atoms with E-state index in [0.717, 1.165) is 46.5 Å². The van der Waals surface area contributed by atoms with Crippen molar-refractivity contribution in [3.05, 3.63) is 82.0 Å². The van der Waals surface area contributed by atoms with E-state index in [1.807, 2.05) is 73.0 Å². The van der Waals surface area contributed by atoms with Crippen LogP contribution in [0, 0.1) is 6.92 Å². The zero-order valence-corrected chi connectivity index (χ0v) is 21.0. The topological polar surface area (TPSA) is 89.4 Å². The molecule has 2 aromatic carbocycles. The van der Waals surface area contributed by atoms with E-state index in [2.05, 4.69) is 15.6 Å². The number of rotatable bonds is 9. The van der Waals surface area contributed by atoms with Gasteiger partial charge in [0.05, 0.1) is 18.2 Å². The molecule has 0 saturated carbocycles. The number of aryl methyl sites for hydroxylation is 1. The molecule has 8 nitrogen and oxygen atoms in total. The number of para-hydroxylation sites is 1. The molecule has 1 saturated heterocycles. The van der Waals surface area contributed by atoms with Gasteiger partial charge in [0.25, 0.3) is 0 Å². The molecule has 3 heterocycles. The number of ether oxygens (including phenoxy) is 1. The fourth-order valence-electron chi connectivity index (χ4n) is 4.48. The molecule has 1 aliphatic heterocycles. The Balaban J connectivity index is 1.47. The molecule has 2 aromatic heterocycles. The number of thiophene rings is 1. The first-order chi connectivity index (χ1) is 17.6. The second kappa shape index (κ2) is 11.0. The highest BCUT2D eigenvalue weighted by atomic mass is 32.1. The van der Waals surface area contributed by atoms with E-state index in [9.17, 15) is 9.59 Å². The van der Waals surface area contributed by atoms with Crippen LogP contribution in [0.2, 0.25) is 0 Å². The predicted molar refractivity (Wildman–Crippen MR) is 138 cm³/mol. The molecular formula is C27H29N5O3S. The first-order valence-corrected chi connectivity index (χ1v) is 13.0. The number of hydrogen-bond acceptors (Lipinski definition) is 6. The van der Waals surface area contributed by atoms with Crippen LogP contribution in [0.15, 0.2) is 66.0 Å². The van der Waals surface area contributed by atoms with E-state index in [0.29, 0.717) is 13.1 Å². The Morgan fingerprint density at radius 3 is 2.75 bits per heavy atom. The molecule has 36 heavy (non-hydrogen) atoms. The smallest absolute Gasteiger partial charge is 0.247 e. The van der Waals surface area contributed by atoms with Gasteiger partial charge in [-0.1, -0.05) is 53.2 Å². The quantitative estimate of drug-likeness (QED) is 0.375. The molecule has 0 spiro atoms. The molecule has 0 aliphatic carbocycles. The van der Waals surface area contributed by atoms with Gasteiger partial charge in [-0.15, -0.1) is 16.4 Å². The molecule has 0 unspecified atom stereocenters. The van der Waals surface area contributed by atoms with Crippen molar-refractivity contribution >= 4 is 34.2 Å². The molecule has 1 N–H and O–H groups in total. The van der Waals surface area contributed by atoms with Crippen molar-refractivity contribution in [2.24, 2.45) is 0 Å². The Kier molecular flexibility index (Phi) is 7.39. The van der Waals surface area contributed by atoms with E-state index < -0.39 is 6.04 Å². The maximum absolute atomic E-state index is 13.9. The summed E-state index contributed by atoms with van der Waals surface area (Å²) in [4.78, 5) is 30.2. The van der Waals surface area contributed by atoms with E-state index in [1.54, 1.807) is 20.9 Å². The zero-order chi connectivity index (χ0) is 24.9. The number of aromatic nitrogens is 3. The summed E-state index contributed by atoms with van der Waals surface area (Å²) in [6.45, 7) is 3.44. The number of carbonyl (C=O) groups is 2. The summed E-state index contributed by atoms with van der Waals surface area (Å²) in [6, 6.07) is 18.4. The summed E-state index contributed by atoms with van der Waals surface area (Å²) in [5, 5.41) is 13.4. The molecule has 0 bridgehead atoms. The molecule has 9 heteroatoms. The number of benzene rings is 2. The van der Waals surface area contributed by atoms with E-state index >= 15 is 0 Å². The van der Waals surface area contributed by atoms with Gasteiger partial charge >= 0.3 is 0 Å². The molecule has 2 atom stereocenters. The average Bonchev–Trinajstić information content (AvgIpc) is 3.67. The fraction of sp³-hybridized carbons (Fsp3) is 0.333. The molecule has 186 valence electrons. The Morgan fingerprint density at radius 2 is 2.00 bits per heavy atom. The molecule has 4 aromatic rings. The maximum atomic E-state index is 13.9. The van der Waals surface area contributed by atoms with Crippen molar-refractivity contribution in [3.63, 3.8) is 0 Å². The lowest BCUT2D eigenvalue weighted by Gasteiger charge is -2.31. The second-order valence-electron chi connectivity index (χ2n) is 9.03. The molecule has 1 fully saturated rings. The van der Waals surface area contributed by atoms with Gasteiger partial charge in [-0.05, 0) is 48.9 Å². The Hall–Kier alpha value is -3.56. The SMILES string of the molecule is Cc1ccc([C@H](C(=O)NC[C@H]2CCCO2)N(Cc2cccs2)C(=O)Cn2nnc3ccccc32)cc1. The van der Waals surface area contributed by atoms with Crippen molar-refractivity contribution in [2.45, 2.75) is 45.0 Å². The predicted octanol–water partition coefficient (Wildman–Crippen LogP) is 3.87. The number of hydrogen-bond donors (Lipinski definition) is 1. The minimum atomic E-state index is -0.795. The zero-order valence-electron chi connectivity index (χ0n) is 20.2. The van der Waals surface area contributed by atoms with Crippen LogP contribution in [0.1, 0.15) is 34.9 Å². The average molecular weight is 504 g/mol. The lowest BCUT2D eigenvalue weighted by molar-refractivity contribution is -0.142. The number of nitrogens with one attached hydrogen (secondary N) is 1. The third-order valence-electron chi connectivity index (χ3n) is 6.41. The van der Waals surface area contributed by atoms with Gasteiger partial charge in [0, 0.05) is 18.0 Å². The summed E-state index contributed by atoms with van der Waals surface area (Å²) in [5.74, 6) is -0.431. The molecular weight excluding hydrogens is 474 g/mol. The van der Waals surface area contributed by atoms with E-state index in [-0.39, 0.29) is 24.5 Å². The summed E-state index contributed by atoms with van der Waals surface area (Å²) in [5.41, 5.74) is 3.34. The number of carbonyl (C=O) groups excluding carboxylic acids is 2. The standard InChI is InChI=1S/C27H29N5O3S/c1-19-10-12-20(13-11-19)26(27(34)28-16-21-6-4-14-35-21)31(17-22-7-5-15-36-22)25(33)18-32-24-9-3-2-8-23(24)29-30-32/h2-3,5,7-13,15,21,26H,4,6,14,16-18H2,1H3,(H,28,34)/t21-,26-/m1/s1. The highest BCUT2D eigenvalue weighted by molar-refractivity contribution is 7.09. The Labute approximate surface area is 213 Å². The number of fused-ring (bicyclic) bond motifs is 1. The summed E-state index contributed by atoms with van der Waals surface area (Å²) >= 11 is 1.56. The third-order valence-corrected chi connectivity index (χ3v) is 7.27. The van der Waals surface area contributed by atoms with Crippen molar-refractivity contribution in [2.75, 3.05) is 13.2 Å². The van der Waals surface area contributed by atoms with Gasteiger partial charge < -0.3 is 15.0 Å². The van der Waals surface area contributed by atoms with Gasteiger partial charge in [0.2, 0.25) is 11.8 Å². The second-order valence-corrected chi connectivity index (χ2v) is 10.1. The lowest BCUT2D eigenvalue weighted by Crippen LogP contribution is -2.46. The number of amides is 2. The normalized spacial score (nSPS) is 16.2. The minimum absolute atomic E-state index is 0.00979. The highest BCUT2D eigenvalue weighted by Crippen LogP contribution is 2.27. The van der Waals surface area contributed by atoms with Gasteiger partial charge in [0.1, 0.15) is 18.1 Å². The number of nitrogens with zero attached hydrogens (tertiary/aromatic N) is 4.